The molecule has 1 aliphatic rings. The molecule has 1 atom stereocenters. The number of rotatable bonds is 12. The number of amides is 2. The van der Waals surface area contributed by atoms with Crippen molar-refractivity contribution in [1.82, 2.24) is 19.8 Å². The van der Waals surface area contributed by atoms with Crippen LogP contribution in [0.5, 0.6) is 0 Å². The van der Waals surface area contributed by atoms with Crippen molar-refractivity contribution in [3.63, 3.8) is 0 Å². The van der Waals surface area contributed by atoms with Crippen LogP contribution in [0.3, 0.4) is 0 Å². The van der Waals surface area contributed by atoms with Crippen molar-refractivity contribution in [2.75, 3.05) is 26.2 Å². The highest BCUT2D eigenvalue weighted by atomic mass is 16.5. The molecule has 3 rings (SSSR count). The van der Waals surface area contributed by atoms with Gasteiger partial charge in [0.1, 0.15) is 17.1 Å². The number of benzene rings is 1. The number of esters is 1. The van der Waals surface area contributed by atoms with Crippen molar-refractivity contribution in [3.8, 4) is 11.3 Å². The summed E-state index contributed by atoms with van der Waals surface area (Å²) in [6, 6.07) is 9.16. The summed E-state index contributed by atoms with van der Waals surface area (Å²) in [6.45, 7) is 9.02. The third kappa shape index (κ3) is 7.62. The van der Waals surface area contributed by atoms with Crippen LogP contribution in [0.4, 0.5) is 0 Å². The van der Waals surface area contributed by atoms with Crippen molar-refractivity contribution in [1.29, 1.82) is 0 Å². The third-order valence-corrected chi connectivity index (χ3v) is 6.98. The van der Waals surface area contributed by atoms with Crippen molar-refractivity contribution in [2.45, 2.75) is 85.1 Å². The van der Waals surface area contributed by atoms with Gasteiger partial charge in [-0.2, -0.15) is 0 Å². The van der Waals surface area contributed by atoms with E-state index in [9.17, 15) is 14.4 Å². The Kier molecular flexibility index (Phi) is 11.2. The molecule has 38 heavy (non-hydrogen) atoms. The van der Waals surface area contributed by atoms with E-state index in [2.05, 4.69) is 16.9 Å². The van der Waals surface area contributed by atoms with Gasteiger partial charge in [0.25, 0.3) is 5.91 Å². The molecule has 1 aromatic carbocycles. The van der Waals surface area contributed by atoms with Gasteiger partial charge >= 0.3 is 5.97 Å². The summed E-state index contributed by atoms with van der Waals surface area (Å²) < 4.78 is 5.31. The predicted molar refractivity (Wildman–Crippen MR) is 148 cm³/mol. The molecule has 0 N–H and O–H groups in total. The highest BCUT2D eigenvalue weighted by molar-refractivity contribution is 6.07. The Hall–Kier alpha value is -3.29. The lowest BCUT2D eigenvalue weighted by Crippen LogP contribution is -2.55. The quantitative estimate of drug-likeness (QED) is 0.272. The van der Waals surface area contributed by atoms with E-state index in [-0.39, 0.29) is 35.7 Å². The molecule has 1 fully saturated rings. The first-order valence-corrected chi connectivity index (χ1v) is 14.1. The molecule has 2 aromatic rings. The minimum atomic E-state index is -0.619. The summed E-state index contributed by atoms with van der Waals surface area (Å²) in [5.74, 6) is -0.417. The lowest BCUT2D eigenvalue weighted by atomic mass is 10.0. The SMILES string of the molecule is CCCCCCCCCC(=O)N1CCN(C(=O)c2nc(C)nc(-c3ccccc3)c2C(=O)OCC)CC1C. The molecule has 0 radical (unpaired) electrons. The fourth-order valence-corrected chi connectivity index (χ4v) is 4.97. The minimum absolute atomic E-state index is 0.0462. The van der Waals surface area contributed by atoms with Gasteiger partial charge in [0.05, 0.1) is 12.3 Å². The normalized spacial score (nSPS) is 15.4. The highest BCUT2D eigenvalue weighted by Crippen LogP contribution is 2.26. The molecule has 0 saturated carbocycles. The van der Waals surface area contributed by atoms with E-state index >= 15 is 0 Å². The van der Waals surface area contributed by atoms with Gasteiger partial charge in [-0.05, 0) is 27.2 Å². The number of aromatic nitrogens is 2. The van der Waals surface area contributed by atoms with E-state index in [0.717, 1.165) is 12.8 Å². The zero-order valence-electron chi connectivity index (χ0n) is 23.4. The Labute approximate surface area is 226 Å². The first-order chi connectivity index (χ1) is 18.4. The number of piperazine rings is 1. The third-order valence-electron chi connectivity index (χ3n) is 6.98. The maximum atomic E-state index is 13.7. The largest absolute Gasteiger partial charge is 0.462 e. The lowest BCUT2D eigenvalue weighted by molar-refractivity contribution is -0.135. The molecule has 206 valence electrons. The van der Waals surface area contributed by atoms with Crippen molar-refractivity contribution >= 4 is 17.8 Å². The zero-order valence-corrected chi connectivity index (χ0v) is 23.4. The molecule has 8 nitrogen and oxygen atoms in total. The van der Waals surface area contributed by atoms with Crippen molar-refractivity contribution < 1.29 is 19.1 Å². The fourth-order valence-electron chi connectivity index (χ4n) is 4.97. The second-order valence-corrected chi connectivity index (χ2v) is 9.99. The lowest BCUT2D eigenvalue weighted by Gasteiger charge is -2.40. The van der Waals surface area contributed by atoms with E-state index in [1.54, 1.807) is 18.7 Å². The monoisotopic (exact) mass is 522 g/mol. The molecule has 1 saturated heterocycles. The van der Waals surface area contributed by atoms with Crippen LogP contribution >= 0.6 is 0 Å². The number of hydrogen-bond donors (Lipinski definition) is 0. The number of unbranched alkanes of at least 4 members (excludes halogenated alkanes) is 6. The van der Waals surface area contributed by atoms with Gasteiger partial charge in [0, 0.05) is 37.7 Å². The van der Waals surface area contributed by atoms with Crippen LogP contribution in [0, 0.1) is 6.92 Å². The van der Waals surface area contributed by atoms with Crippen molar-refractivity contribution in [2.24, 2.45) is 0 Å². The topological polar surface area (TPSA) is 92.7 Å². The molecule has 0 aliphatic carbocycles. The maximum Gasteiger partial charge on any atom is 0.342 e. The van der Waals surface area contributed by atoms with Gasteiger partial charge in [-0.15, -0.1) is 0 Å². The summed E-state index contributed by atoms with van der Waals surface area (Å²) >= 11 is 0. The van der Waals surface area contributed by atoms with Crippen LogP contribution in [0.15, 0.2) is 30.3 Å². The van der Waals surface area contributed by atoms with E-state index in [1.807, 2.05) is 42.2 Å². The van der Waals surface area contributed by atoms with Crippen molar-refractivity contribution in [3.05, 3.63) is 47.4 Å². The number of hydrogen-bond acceptors (Lipinski definition) is 6. The van der Waals surface area contributed by atoms with E-state index < -0.39 is 5.97 Å². The van der Waals surface area contributed by atoms with Gasteiger partial charge in [0.2, 0.25) is 5.91 Å². The number of aryl methyl sites for hydroxylation is 1. The van der Waals surface area contributed by atoms with E-state index in [0.29, 0.717) is 43.1 Å². The Bertz CT molecular complexity index is 1090. The Morgan fingerprint density at radius 3 is 2.29 bits per heavy atom. The van der Waals surface area contributed by atoms with Gasteiger partial charge in [-0.3, -0.25) is 9.59 Å². The highest BCUT2D eigenvalue weighted by Gasteiger charge is 2.34. The van der Waals surface area contributed by atoms with Gasteiger partial charge in [-0.1, -0.05) is 75.8 Å². The molecule has 2 amide bonds. The van der Waals surface area contributed by atoms with Crippen LogP contribution < -0.4 is 0 Å². The second-order valence-electron chi connectivity index (χ2n) is 9.99. The van der Waals surface area contributed by atoms with Gasteiger partial charge in [-0.25, -0.2) is 14.8 Å². The summed E-state index contributed by atoms with van der Waals surface area (Å²) in [5.41, 5.74) is 1.23. The molecule has 0 bridgehead atoms. The number of carbonyl (C=O) groups excluding carboxylic acids is 3. The molecule has 2 heterocycles. The summed E-state index contributed by atoms with van der Waals surface area (Å²) in [5, 5.41) is 0. The number of nitrogens with zero attached hydrogens (tertiary/aromatic N) is 4. The standard InChI is InChI=1S/C30H42N4O4/c1-5-7-8-9-10-11-15-18-25(35)34-20-19-33(21-22(34)3)29(36)28-26(30(37)38-6-2)27(31-23(4)32-28)24-16-13-12-14-17-24/h12-14,16-17,22H,5-11,15,18-21H2,1-4H3. The van der Waals surface area contributed by atoms with Crippen LogP contribution in [-0.2, 0) is 9.53 Å². The van der Waals surface area contributed by atoms with Crippen LogP contribution in [-0.4, -0.2) is 69.8 Å². The average molecular weight is 523 g/mol. The van der Waals surface area contributed by atoms with Gasteiger partial charge in [0.15, 0.2) is 0 Å². The first kappa shape index (κ1) is 29.3. The molecule has 8 heteroatoms. The Morgan fingerprint density at radius 1 is 0.947 bits per heavy atom. The first-order valence-electron chi connectivity index (χ1n) is 14.1. The van der Waals surface area contributed by atoms with Crippen LogP contribution in [0.1, 0.15) is 98.8 Å². The Morgan fingerprint density at radius 2 is 1.63 bits per heavy atom. The molecule has 1 unspecified atom stereocenters. The molecule has 0 spiro atoms. The minimum Gasteiger partial charge on any atom is -0.462 e. The second kappa shape index (κ2) is 14.6. The smallest absolute Gasteiger partial charge is 0.342 e. The van der Waals surface area contributed by atoms with E-state index in [1.165, 1.54) is 32.1 Å². The molecule has 1 aliphatic heterocycles. The fraction of sp³-hybridized carbons (Fsp3) is 0.567. The van der Waals surface area contributed by atoms with Crippen LogP contribution in [0.2, 0.25) is 0 Å². The number of carbonyl (C=O) groups is 3. The zero-order chi connectivity index (χ0) is 27.5. The summed E-state index contributed by atoms with van der Waals surface area (Å²) in [6.07, 6.45) is 8.73. The predicted octanol–water partition coefficient (Wildman–Crippen LogP) is 5.44. The van der Waals surface area contributed by atoms with Crippen LogP contribution in [0.25, 0.3) is 11.3 Å². The summed E-state index contributed by atoms with van der Waals surface area (Å²) in [7, 11) is 0. The maximum absolute atomic E-state index is 13.7. The average Bonchev–Trinajstić information content (AvgIpc) is 2.92. The molecule has 1 aromatic heterocycles. The summed E-state index contributed by atoms with van der Waals surface area (Å²) in [4.78, 5) is 52.1. The molecular weight excluding hydrogens is 480 g/mol. The molecular formula is C30H42N4O4. The van der Waals surface area contributed by atoms with E-state index in [4.69, 9.17) is 4.74 Å². The Balaban J connectivity index is 1.71. The van der Waals surface area contributed by atoms with Gasteiger partial charge < -0.3 is 14.5 Å². The number of ether oxygens (including phenoxy) is 1.